The second-order valence-electron chi connectivity index (χ2n) is 5.45. The standard InChI is InChI=1S/C16H19N5O/c1-11-12-4-2-3-5-13(12)21-15(20-11)6-7-19-16(22)14-10-17-8-9-18-14/h8-10H,2-7H2,1H3,(H,19,22). The molecule has 22 heavy (non-hydrogen) atoms. The average Bonchev–Trinajstić information content (AvgIpc) is 2.56. The molecule has 2 heterocycles. The van der Waals surface area contributed by atoms with E-state index in [0.29, 0.717) is 18.7 Å². The lowest BCUT2D eigenvalue weighted by atomic mass is 9.95. The number of aromatic nitrogens is 4. The first-order valence-corrected chi connectivity index (χ1v) is 7.63. The van der Waals surface area contributed by atoms with Crippen molar-refractivity contribution in [3.05, 3.63) is 47.1 Å². The SMILES string of the molecule is Cc1nc(CCNC(=O)c2cnccn2)nc2c1CCCC2. The Labute approximate surface area is 129 Å². The van der Waals surface area contributed by atoms with Crippen molar-refractivity contribution in [2.45, 2.75) is 39.0 Å². The van der Waals surface area contributed by atoms with Gasteiger partial charge in [-0.15, -0.1) is 0 Å². The van der Waals surface area contributed by atoms with Crippen LogP contribution in [-0.4, -0.2) is 32.4 Å². The molecule has 0 aromatic carbocycles. The minimum Gasteiger partial charge on any atom is -0.350 e. The van der Waals surface area contributed by atoms with Gasteiger partial charge in [0.1, 0.15) is 11.5 Å². The number of hydrogen-bond acceptors (Lipinski definition) is 5. The summed E-state index contributed by atoms with van der Waals surface area (Å²) in [6.45, 7) is 2.54. The fraction of sp³-hybridized carbons (Fsp3) is 0.438. The van der Waals surface area contributed by atoms with Crippen LogP contribution in [0.3, 0.4) is 0 Å². The Morgan fingerprint density at radius 3 is 2.91 bits per heavy atom. The van der Waals surface area contributed by atoms with Gasteiger partial charge in [-0.1, -0.05) is 0 Å². The van der Waals surface area contributed by atoms with Gasteiger partial charge in [0.25, 0.3) is 5.91 Å². The van der Waals surface area contributed by atoms with Crippen LogP contribution in [-0.2, 0) is 19.3 Å². The molecular formula is C16H19N5O. The molecule has 1 amide bonds. The molecule has 1 aliphatic rings. The molecule has 1 N–H and O–H groups in total. The summed E-state index contributed by atoms with van der Waals surface area (Å²) in [5.74, 6) is 0.584. The first-order chi connectivity index (χ1) is 10.7. The fourth-order valence-electron chi connectivity index (χ4n) is 2.75. The molecule has 0 radical (unpaired) electrons. The second-order valence-corrected chi connectivity index (χ2v) is 5.45. The summed E-state index contributed by atoms with van der Waals surface area (Å²) in [5, 5.41) is 2.83. The molecule has 114 valence electrons. The van der Waals surface area contributed by atoms with Crippen molar-refractivity contribution in [3.63, 3.8) is 0 Å². The Morgan fingerprint density at radius 1 is 1.23 bits per heavy atom. The van der Waals surface area contributed by atoms with Crippen LogP contribution in [0.25, 0.3) is 0 Å². The topological polar surface area (TPSA) is 80.7 Å². The number of carbonyl (C=O) groups excluding carboxylic acids is 1. The molecule has 0 bridgehead atoms. The van der Waals surface area contributed by atoms with Crippen LogP contribution < -0.4 is 5.32 Å². The number of carbonyl (C=O) groups is 1. The number of nitrogens with one attached hydrogen (secondary N) is 1. The van der Waals surface area contributed by atoms with Crippen molar-refractivity contribution in [2.75, 3.05) is 6.54 Å². The van der Waals surface area contributed by atoms with E-state index in [2.05, 4.69) is 25.3 Å². The molecule has 0 aliphatic heterocycles. The third-order valence-corrected chi connectivity index (χ3v) is 3.87. The summed E-state index contributed by atoms with van der Waals surface area (Å²) in [5.41, 5.74) is 3.91. The van der Waals surface area contributed by atoms with Crippen molar-refractivity contribution in [3.8, 4) is 0 Å². The number of aryl methyl sites for hydroxylation is 2. The molecule has 3 rings (SSSR count). The van der Waals surface area contributed by atoms with Gasteiger partial charge in [-0.2, -0.15) is 0 Å². The zero-order valence-corrected chi connectivity index (χ0v) is 12.7. The van der Waals surface area contributed by atoms with E-state index in [-0.39, 0.29) is 5.91 Å². The molecule has 6 heteroatoms. The molecule has 2 aromatic rings. The Morgan fingerprint density at radius 2 is 2.09 bits per heavy atom. The maximum atomic E-state index is 11.9. The van der Waals surface area contributed by atoms with Gasteiger partial charge in [-0.05, 0) is 38.2 Å². The van der Waals surface area contributed by atoms with E-state index in [4.69, 9.17) is 0 Å². The molecule has 0 saturated heterocycles. The maximum Gasteiger partial charge on any atom is 0.271 e. The normalized spacial score (nSPS) is 13.5. The largest absolute Gasteiger partial charge is 0.350 e. The van der Waals surface area contributed by atoms with Crippen molar-refractivity contribution in [1.82, 2.24) is 25.3 Å². The Kier molecular flexibility index (Phi) is 4.37. The van der Waals surface area contributed by atoms with Crippen LogP contribution >= 0.6 is 0 Å². The van der Waals surface area contributed by atoms with Crippen molar-refractivity contribution >= 4 is 5.91 Å². The monoisotopic (exact) mass is 297 g/mol. The third-order valence-electron chi connectivity index (χ3n) is 3.87. The zero-order chi connectivity index (χ0) is 15.4. The first-order valence-electron chi connectivity index (χ1n) is 7.63. The van der Waals surface area contributed by atoms with E-state index in [1.54, 1.807) is 6.20 Å². The fourth-order valence-corrected chi connectivity index (χ4v) is 2.75. The van der Waals surface area contributed by atoms with E-state index < -0.39 is 0 Å². The Balaban J connectivity index is 1.60. The van der Waals surface area contributed by atoms with Crippen molar-refractivity contribution in [1.29, 1.82) is 0 Å². The lowest BCUT2D eigenvalue weighted by Gasteiger charge is -2.17. The summed E-state index contributed by atoms with van der Waals surface area (Å²) in [4.78, 5) is 29.0. The van der Waals surface area contributed by atoms with Gasteiger partial charge in [-0.3, -0.25) is 9.78 Å². The molecule has 6 nitrogen and oxygen atoms in total. The molecule has 0 unspecified atom stereocenters. The van der Waals surface area contributed by atoms with Crippen LogP contribution in [0.1, 0.15) is 46.1 Å². The molecular weight excluding hydrogens is 278 g/mol. The average molecular weight is 297 g/mol. The van der Waals surface area contributed by atoms with Crippen LogP contribution in [0.4, 0.5) is 0 Å². The van der Waals surface area contributed by atoms with Gasteiger partial charge < -0.3 is 5.32 Å². The zero-order valence-electron chi connectivity index (χ0n) is 12.7. The molecule has 0 spiro atoms. The van der Waals surface area contributed by atoms with Gasteiger partial charge in [0.2, 0.25) is 0 Å². The molecule has 0 fully saturated rings. The first kappa shape index (κ1) is 14.6. The number of hydrogen-bond donors (Lipinski definition) is 1. The van der Waals surface area contributed by atoms with Gasteiger partial charge in [0, 0.05) is 36.7 Å². The lowest BCUT2D eigenvalue weighted by molar-refractivity contribution is 0.0948. The number of nitrogens with zero attached hydrogens (tertiary/aromatic N) is 4. The second kappa shape index (κ2) is 6.60. The van der Waals surface area contributed by atoms with Crippen molar-refractivity contribution < 1.29 is 4.79 Å². The molecule has 0 saturated carbocycles. The highest BCUT2D eigenvalue weighted by Gasteiger charge is 2.15. The van der Waals surface area contributed by atoms with E-state index in [0.717, 1.165) is 24.4 Å². The summed E-state index contributed by atoms with van der Waals surface area (Å²) in [6, 6.07) is 0. The van der Waals surface area contributed by atoms with Gasteiger partial charge in [0.05, 0.1) is 6.20 Å². The maximum absolute atomic E-state index is 11.9. The number of amides is 1. The number of rotatable bonds is 4. The summed E-state index contributed by atoms with van der Waals surface area (Å²) >= 11 is 0. The minimum absolute atomic E-state index is 0.220. The Hall–Kier alpha value is -2.37. The number of fused-ring (bicyclic) bond motifs is 1. The van der Waals surface area contributed by atoms with Crippen LogP contribution in [0, 0.1) is 6.92 Å². The summed E-state index contributed by atoms with van der Waals surface area (Å²) in [6.07, 6.45) is 9.68. The third kappa shape index (κ3) is 3.27. The quantitative estimate of drug-likeness (QED) is 0.923. The van der Waals surface area contributed by atoms with Crippen LogP contribution in [0.2, 0.25) is 0 Å². The minimum atomic E-state index is -0.220. The van der Waals surface area contributed by atoms with Crippen LogP contribution in [0.5, 0.6) is 0 Å². The van der Waals surface area contributed by atoms with Crippen LogP contribution in [0.15, 0.2) is 18.6 Å². The predicted octanol–water partition coefficient (Wildman–Crippen LogP) is 1.43. The van der Waals surface area contributed by atoms with Gasteiger partial charge in [-0.25, -0.2) is 15.0 Å². The molecule has 0 atom stereocenters. The predicted molar refractivity (Wildman–Crippen MR) is 81.5 cm³/mol. The highest BCUT2D eigenvalue weighted by atomic mass is 16.1. The Bertz CT molecular complexity index is 672. The highest BCUT2D eigenvalue weighted by Crippen LogP contribution is 2.21. The highest BCUT2D eigenvalue weighted by molar-refractivity contribution is 5.91. The summed E-state index contributed by atoms with van der Waals surface area (Å²) in [7, 11) is 0. The van der Waals surface area contributed by atoms with E-state index in [1.807, 2.05) is 6.92 Å². The molecule has 2 aromatic heterocycles. The summed E-state index contributed by atoms with van der Waals surface area (Å²) < 4.78 is 0. The molecule has 1 aliphatic carbocycles. The lowest BCUT2D eigenvalue weighted by Crippen LogP contribution is -2.27. The van der Waals surface area contributed by atoms with E-state index in [1.165, 1.54) is 36.5 Å². The van der Waals surface area contributed by atoms with Gasteiger partial charge >= 0.3 is 0 Å². The van der Waals surface area contributed by atoms with E-state index in [9.17, 15) is 4.79 Å². The smallest absolute Gasteiger partial charge is 0.271 e. The van der Waals surface area contributed by atoms with Gasteiger partial charge in [0.15, 0.2) is 0 Å². The van der Waals surface area contributed by atoms with E-state index >= 15 is 0 Å². The van der Waals surface area contributed by atoms with Crippen molar-refractivity contribution in [2.24, 2.45) is 0 Å².